The predicted octanol–water partition coefficient (Wildman–Crippen LogP) is 6.04. The van der Waals surface area contributed by atoms with E-state index in [1.54, 1.807) is 6.07 Å². The maximum Gasteiger partial charge on any atom is 0.142 e. The highest BCUT2D eigenvalue weighted by Crippen LogP contribution is 2.25. The minimum absolute atomic E-state index is 0.243. The largest absolute Gasteiger partial charge is 0.205 e. The minimum Gasteiger partial charge on any atom is -0.205 e. The Morgan fingerprint density at radius 2 is 1.85 bits per heavy atom. The zero-order valence-electron chi connectivity index (χ0n) is 10.8. The molecule has 106 valence electrons. The lowest BCUT2D eigenvalue weighted by atomic mass is 9.94. The van der Waals surface area contributed by atoms with Gasteiger partial charge in [-0.05, 0) is 48.1 Å². The molecule has 0 bridgehead atoms. The van der Waals surface area contributed by atoms with Crippen LogP contribution in [0.5, 0.6) is 0 Å². The first kappa shape index (κ1) is 16.0. The van der Waals surface area contributed by atoms with E-state index in [0.29, 0.717) is 5.92 Å². The van der Waals surface area contributed by atoms with Crippen molar-refractivity contribution >= 4 is 43.5 Å². The van der Waals surface area contributed by atoms with Crippen molar-refractivity contribution in [1.82, 2.24) is 0 Å². The monoisotopic (exact) mass is 418 g/mol. The third kappa shape index (κ3) is 4.31. The fourth-order valence-electron chi connectivity index (χ4n) is 2.20. The maximum atomic E-state index is 13.5. The van der Waals surface area contributed by atoms with E-state index in [0.717, 1.165) is 28.2 Å². The van der Waals surface area contributed by atoms with Gasteiger partial charge in [-0.2, -0.15) is 0 Å². The summed E-state index contributed by atoms with van der Waals surface area (Å²) in [5, 5.41) is 1.10. The third-order valence-electron chi connectivity index (χ3n) is 3.17. The quantitative estimate of drug-likeness (QED) is 0.518. The SMILES string of the molecule is Fc1cccc(CC(CBr)Cc2cccc(Br)c2)c1Cl. The highest BCUT2D eigenvalue weighted by Gasteiger charge is 2.13. The van der Waals surface area contributed by atoms with Gasteiger partial charge in [-0.3, -0.25) is 0 Å². The van der Waals surface area contributed by atoms with Crippen LogP contribution in [-0.2, 0) is 12.8 Å². The summed E-state index contributed by atoms with van der Waals surface area (Å²) < 4.78 is 14.5. The molecule has 4 heteroatoms. The van der Waals surface area contributed by atoms with Crippen molar-refractivity contribution in [3.8, 4) is 0 Å². The maximum absolute atomic E-state index is 13.5. The molecule has 0 radical (unpaired) electrons. The van der Waals surface area contributed by atoms with Crippen LogP contribution in [0.15, 0.2) is 46.9 Å². The zero-order chi connectivity index (χ0) is 14.5. The molecule has 1 unspecified atom stereocenters. The number of halogens is 4. The lowest BCUT2D eigenvalue weighted by Gasteiger charge is -2.15. The summed E-state index contributed by atoms with van der Waals surface area (Å²) in [6, 6.07) is 13.2. The van der Waals surface area contributed by atoms with Crippen LogP contribution in [0.3, 0.4) is 0 Å². The molecule has 2 aromatic carbocycles. The summed E-state index contributed by atoms with van der Waals surface area (Å²) in [4.78, 5) is 0. The molecule has 0 nitrogen and oxygen atoms in total. The van der Waals surface area contributed by atoms with Crippen LogP contribution in [-0.4, -0.2) is 5.33 Å². The summed E-state index contributed by atoms with van der Waals surface area (Å²) in [6.45, 7) is 0. The molecular weight excluding hydrogens is 406 g/mol. The van der Waals surface area contributed by atoms with E-state index < -0.39 is 0 Å². The van der Waals surface area contributed by atoms with Crippen molar-refractivity contribution in [2.45, 2.75) is 12.8 Å². The number of hydrogen-bond donors (Lipinski definition) is 0. The molecule has 0 spiro atoms. The predicted molar refractivity (Wildman–Crippen MR) is 90.2 cm³/mol. The van der Waals surface area contributed by atoms with Crippen molar-refractivity contribution in [2.24, 2.45) is 5.92 Å². The fraction of sp³-hybridized carbons (Fsp3) is 0.250. The second-order valence-electron chi connectivity index (χ2n) is 4.77. The molecule has 20 heavy (non-hydrogen) atoms. The van der Waals surface area contributed by atoms with Crippen LogP contribution >= 0.6 is 43.5 Å². The second-order valence-corrected chi connectivity index (χ2v) is 6.71. The Morgan fingerprint density at radius 1 is 1.10 bits per heavy atom. The van der Waals surface area contributed by atoms with E-state index in [1.165, 1.54) is 11.6 Å². The summed E-state index contributed by atoms with van der Waals surface area (Å²) in [6.07, 6.45) is 1.69. The molecule has 0 aliphatic carbocycles. The first-order valence-corrected chi connectivity index (χ1v) is 8.62. The van der Waals surface area contributed by atoms with Gasteiger partial charge in [-0.25, -0.2) is 4.39 Å². The van der Waals surface area contributed by atoms with Gasteiger partial charge < -0.3 is 0 Å². The molecule has 0 saturated heterocycles. The van der Waals surface area contributed by atoms with Gasteiger partial charge >= 0.3 is 0 Å². The number of hydrogen-bond acceptors (Lipinski definition) is 0. The minimum atomic E-state index is -0.347. The van der Waals surface area contributed by atoms with Crippen LogP contribution in [0.4, 0.5) is 4.39 Å². The Kier molecular flexibility index (Phi) is 6.06. The molecular formula is C16H14Br2ClF. The van der Waals surface area contributed by atoms with Crippen molar-refractivity contribution in [1.29, 1.82) is 0 Å². The normalized spacial score (nSPS) is 12.4. The van der Waals surface area contributed by atoms with E-state index in [-0.39, 0.29) is 10.8 Å². The molecule has 0 aliphatic rings. The van der Waals surface area contributed by atoms with Crippen molar-refractivity contribution in [2.75, 3.05) is 5.33 Å². The van der Waals surface area contributed by atoms with E-state index >= 15 is 0 Å². The molecule has 0 aromatic heterocycles. The standard InChI is InChI=1S/C16H14Br2ClF/c17-10-12(7-11-3-1-5-14(18)9-11)8-13-4-2-6-15(20)16(13)19/h1-6,9,12H,7-8,10H2. The summed E-state index contributed by atoms with van der Waals surface area (Å²) >= 11 is 13.0. The Hall–Kier alpha value is -0.380. The van der Waals surface area contributed by atoms with E-state index in [2.05, 4.69) is 44.0 Å². The molecule has 1 atom stereocenters. The number of rotatable bonds is 5. The molecule has 0 aliphatic heterocycles. The average Bonchev–Trinajstić information content (AvgIpc) is 2.43. The summed E-state index contributed by atoms with van der Waals surface area (Å²) in [5.74, 6) is 0.0311. The van der Waals surface area contributed by atoms with Gasteiger partial charge in [0.1, 0.15) is 5.82 Å². The third-order valence-corrected chi connectivity index (χ3v) is 5.00. The van der Waals surface area contributed by atoms with Gasteiger partial charge in [0.25, 0.3) is 0 Å². The van der Waals surface area contributed by atoms with Gasteiger partial charge in [0, 0.05) is 9.80 Å². The topological polar surface area (TPSA) is 0 Å². The molecule has 0 N–H and O–H groups in total. The molecule has 2 rings (SSSR count). The van der Waals surface area contributed by atoms with Gasteiger partial charge in [-0.15, -0.1) is 0 Å². The highest BCUT2D eigenvalue weighted by atomic mass is 79.9. The smallest absolute Gasteiger partial charge is 0.142 e. The van der Waals surface area contributed by atoms with Crippen LogP contribution in [0.1, 0.15) is 11.1 Å². The number of benzene rings is 2. The van der Waals surface area contributed by atoms with Crippen molar-refractivity contribution in [3.63, 3.8) is 0 Å². The Bertz CT molecular complexity index is 586. The van der Waals surface area contributed by atoms with Gasteiger partial charge in [-0.1, -0.05) is 67.7 Å². The van der Waals surface area contributed by atoms with Crippen LogP contribution < -0.4 is 0 Å². The lowest BCUT2D eigenvalue weighted by Crippen LogP contribution is -2.10. The summed E-state index contributed by atoms with van der Waals surface area (Å²) in [5.41, 5.74) is 2.13. The zero-order valence-corrected chi connectivity index (χ0v) is 14.7. The summed E-state index contributed by atoms with van der Waals surface area (Å²) in [7, 11) is 0. The van der Waals surface area contributed by atoms with E-state index in [1.807, 2.05) is 18.2 Å². The average molecular weight is 421 g/mol. The molecule has 0 heterocycles. The van der Waals surface area contributed by atoms with Crippen molar-refractivity contribution < 1.29 is 4.39 Å². The Morgan fingerprint density at radius 3 is 2.55 bits per heavy atom. The van der Waals surface area contributed by atoms with Crippen LogP contribution in [0.25, 0.3) is 0 Å². The lowest BCUT2D eigenvalue weighted by molar-refractivity contribution is 0.583. The molecule has 2 aromatic rings. The molecule has 0 amide bonds. The molecule has 0 fully saturated rings. The van der Waals surface area contributed by atoms with Gasteiger partial charge in [0.05, 0.1) is 5.02 Å². The van der Waals surface area contributed by atoms with Crippen LogP contribution in [0.2, 0.25) is 5.02 Å². The fourth-order valence-corrected chi connectivity index (χ4v) is 3.30. The Balaban J connectivity index is 2.11. The van der Waals surface area contributed by atoms with Gasteiger partial charge in [0.2, 0.25) is 0 Å². The van der Waals surface area contributed by atoms with E-state index in [9.17, 15) is 4.39 Å². The van der Waals surface area contributed by atoms with Crippen LogP contribution in [0, 0.1) is 11.7 Å². The first-order valence-electron chi connectivity index (χ1n) is 6.33. The Labute approximate surface area is 140 Å². The second kappa shape index (κ2) is 7.58. The highest BCUT2D eigenvalue weighted by molar-refractivity contribution is 9.10. The van der Waals surface area contributed by atoms with E-state index in [4.69, 9.17) is 11.6 Å². The molecule has 0 saturated carbocycles. The first-order chi connectivity index (χ1) is 9.60. The van der Waals surface area contributed by atoms with Gasteiger partial charge in [0.15, 0.2) is 0 Å². The number of alkyl halides is 1. The van der Waals surface area contributed by atoms with Crippen molar-refractivity contribution in [3.05, 3.63) is 68.9 Å².